The van der Waals surface area contributed by atoms with E-state index < -0.39 is 0 Å². The molecule has 1 N–H and O–H groups in total. The smallest absolute Gasteiger partial charge is 0.234 e. The highest BCUT2D eigenvalue weighted by molar-refractivity contribution is 7.13. The number of hydrogen-bond acceptors (Lipinski definition) is 5. The SMILES string of the molecule is CC(C)NC(=O)CN1CCN(c2nsc3ccccc23)CC1. The summed E-state index contributed by atoms with van der Waals surface area (Å²) in [7, 11) is 0. The Labute approximate surface area is 135 Å². The number of carbonyl (C=O) groups excluding carboxylic acids is 1. The van der Waals surface area contributed by atoms with Crippen LogP contribution < -0.4 is 10.2 Å². The van der Waals surface area contributed by atoms with E-state index in [1.54, 1.807) is 11.5 Å². The first-order chi connectivity index (χ1) is 10.6. The Morgan fingerprint density at radius 2 is 2.00 bits per heavy atom. The molecule has 1 saturated heterocycles. The molecule has 1 aromatic heterocycles. The number of rotatable bonds is 4. The summed E-state index contributed by atoms with van der Waals surface area (Å²) in [5.74, 6) is 1.20. The van der Waals surface area contributed by atoms with Gasteiger partial charge in [-0.15, -0.1) is 0 Å². The molecular weight excluding hydrogens is 296 g/mol. The van der Waals surface area contributed by atoms with E-state index >= 15 is 0 Å². The largest absolute Gasteiger partial charge is 0.353 e. The van der Waals surface area contributed by atoms with Gasteiger partial charge in [0.05, 0.1) is 11.2 Å². The molecule has 1 fully saturated rings. The van der Waals surface area contributed by atoms with Crippen molar-refractivity contribution in [3.8, 4) is 0 Å². The van der Waals surface area contributed by atoms with Crippen molar-refractivity contribution < 1.29 is 4.79 Å². The minimum atomic E-state index is 0.113. The molecule has 0 bridgehead atoms. The third kappa shape index (κ3) is 3.39. The molecule has 0 atom stereocenters. The van der Waals surface area contributed by atoms with E-state index in [4.69, 9.17) is 0 Å². The molecule has 1 amide bonds. The fourth-order valence-electron chi connectivity index (χ4n) is 2.79. The monoisotopic (exact) mass is 318 g/mol. The van der Waals surface area contributed by atoms with Gasteiger partial charge in [0, 0.05) is 37.6 Å². The normalized spacial score (nSPS) is 16.4. The van der Waals surface area contributed by atoms with Crippen molar-refractivity contribution in [1.29, 1.82) is 0 Å². The molecule has 0 spiro atoms. The first-order valence-electron chi connectivity index (χ1n) is 7.74. The number of fused-ring (bicyclic) bond motifs is 1. The van der Waals surface area contributed by atoms with Crippen molar-refractivity contribution in [2.45, 2.75) is 19.9 Å². The van der Waals surface area contributed by atoms with Crippen LogP contribution >= 0.6 is 11.5 Å². The number of benzene rings is 1. The second-order valence-corrected chi connectivity index (χ2v) is 6.79. The number of amides is 1. The van der Waals surface area contributed by atoms with Gasteiger partial charge in [-0.05, 0) is 37.5 Å². The van der Waals surface area contributed by atoms with Gasteiger partial charge < -0.3 is 10.2 Å². The van der Waals surface area contributed by atoms with Gasteiger partial charge in [-0.25, -0.2) is 0 Å². The van der Waals surface area contributed by atoms with Crippen LogP contribution in [0, 0.1) is 0 Å². The van der Waals surface area contributed by atoms with Gasteiger partial charge in [-0.3, -0.25) is 9.69 Å². The van der Waals surface area contributed by atoms with Crippen molar-refractivity contribution in [1.82, 2.24) is 14.6 Å². The molecule has 0 saturated carbocycles. The first kappa shape index (κ1) is 15.2. The second kappa shape index (κ2) is 6.62. The van der Waals surface area contributed by atoms with E-state index in [0.717, 1.165) is 32.0 Å². The third-order valence-electron chi connectivity index (χ3n) is 3.85. The number of carbonyl (C=O) groups is 1. The van der Waals surface area contributed by atoms with Crippen LogP contribution in [0.15, 0.2) is 24.3 Å². The van der Waals surface area contributed by atoms with Crippen LogP contribution in [0.1, 0.15) is 13.8 Å². The van der Waals surface area contributed by atoms with Crippen LogP contribution in [0.5, 0.6) is 0 Å². The molecule has 6 heteroatoms. The molecule has 2 aromatic rings. The number of nitrogens with zero attached hydrogens (tertiary/aromatic N) is 3. The lowest BCUT2D eigenvalue weighted by Crippen LogP contribution is -2.50. The molecule has 5 nitrogen and oxygen atoms in total. The van der Waals surface area contributed by atoms with Crippen LogP contribution in [-0.2, 0) is 4.79 Å². The predicted octanol–water partition coefficient (Wildman–Crippen LogP) is 1.94. The maximum absolute atomic E-state index is 11.8. The second-order valence-electron chi connectivity index (χ2n) is 5.99. The minimum absolute atomic E-state index is 0.113. The first-order valence-corrected chi connectivity index (χ1v) is 8.52. The molecule has 0 unspecified atom stereocenters. The Bertz CT molecular complexity index is 646. The topological polar surface area (TPSA) is 48.5 Å². The van der Waals surface area contributed by atoms with Crippen molar-refractivity contribution in [3.05, 3.63) is 24.3 Å². The standard InChI is InChI=1S/C16H22N4OS/c1-12(2)17-15(21)11-19-7-9-20(10-8-19)16-13-5-3-4-6-14(13)22-18-16/h3-6,12H,7-11H2,1-2H3,(H,17,21). The van der Waals surface area contributed by atoms with E-state index in [0.29, 0.717) is 6.54 Å². The zero-order valence-corrected chi connectivity index (χ0v) is 13.9. The molecule has 1 aliphatic rings. The summed E-state index contributed by atoms with van der Waals surface area (Å²) < 4.78 is 5.85. The molecule has 0 aliphatic carbocycles. The summed E-state index contributed by atoms with van der Waals surface area (Å²) in [5.41, 5.74) is 0. The molecule has 0 radical (unpaired) electrons. The Hall–Kier alpha value is -1.66. The van der Waals surface area contributed by atoms with Crippen LogP contribution in [0.25, 0.3) is 10.1 Å². The summed E-state index contributed by atoms with van der Waals surface area (Å²) in [6, 6.07) is 8.57. The van der Waals surface area contributed by atoms with Gasteiger partial charge in [-0.2, -0.15) is 4.37 Å². The number of aromatic nitrogens is 1. The van der Waals surface area contributed by atoms with Gasteiger partial charge in [0.15, 0.2) is 0 Å². The summed E-state index contributed by atoms with van der Waals surface area (Å²) in [6.07, 6.45) is 0. The zero-order chi connectivity index (χ0) is 15.5. The highest BCUT2D eigenvalue weighted by atomic mass is 32.1. The molecule has 1 aromatic carbocycles. The Balaban J connectivity index is 1.59. The van der Waals surface area contributed by atoms with Gasteiger partial charge in [0.25, 0.3) is 0 Å². The molecule has 3 rings (SSSR count). The van der Waals surface area contributed by atoms with E-state index in [2.05, 4.69) is 43.8 Å². The molecule has 118 valence electrons. The predicted molar refractivity (Wildman–Crippen MR) is 91.6 cm³/mol. The highest BCUT2D eigenvalue weighted by Gasteiger charge is 2.22. The van der Waals surface area contributed by atoms with E-state index in [1.165, 1.54) is 10.1 Å². The fourth-order valence-corrected chi connectivity index (χ4v) is 3.58. The van der Waals surface area contributed by atoms with E-state index in [9.17, 15) is 4.79 Å². The lowest BCUT2D eigenvalue weighted by atomic mass is 10.2. The average Bonchev–Trinajstić information content (AvgIpc) is 2.91. The number of nitrogens with one attached hydrogen (secondary N) is 1. The number of hydrogen-bond donors (Lipinski definition) is 1. The summed E-state index contributed by atoms with van der Waals surface area (Å²) in [4.78, 5) is 16.4. The van der Waals surface area contributed by atoms with Gasteiger partial charge in [0.1, 0.15) is 5.82 Å². The van der Waals surface area contributed by atoms with Crippen LogP contribution in [0.2, 0.25) is 0 Å². The van der Waals surface area contributed by atoms with Crippen molar-refractivity contribution >= 4 is 33.3 Å². The molecular formula is C16H22N4OS. The maximum Gasteiger partial charge on any atom is 0.234 e. The molecule has 1 aliphatic heterocycles. The zero-order valence-electron chi connectivity index (χ0n) is 13.1. The quantitative estimate of drug-likeness (QED) is 0.936. The van der Waals surface area contributed by atoms with Crippen LogP contribution in [0.4, 0.5) is 5.82 Å². The van der Waals surface area contributed by atoms with Crippen LogP contribution in [-0.4, -0.2) is 53.9 Å². The number of piperazine rings is 1. The van der Waals surface area contributed by atoms with E-state index in [1.807, 2.05) is 13.8 Å². The summed E-state index contributed by atoms with van der Waals surface area (Å²) in [6.45, 7) is 8.11. The Morgan fingerprint density at radius 3 is 2.73 bits per heavy atom. The lowest BCUT2D eigenvalue weighted by molar-refractivity contribution is -0.122. The van der Waals surface area contributed by atoms with Gasteiger partial charge in [-0.1, -0.05) is 12.1 Å². The van der Waals surface area contributed by atoms with Gasteiger partial charge in [0.2, 0.25) is 5.91 Å². The lowest BCUT2D eigenvalue weighted by Gasteiger charge is -2.34. The molecule has 2 heterocycles. The third-order valence-corrected chi connectivity index (χ3v) is 4.66. The number of anilines is 1. The van der Waals surface area contributed by atoms with Crippen molar-refractivity contribution in [3.63, 3.8) is 0 Å². The van der Waals surface area contributed by atoms with E-state index in [-0.39, 0.29) is 11.9 Å². The van der Waals surface area contributed by atoms with Crippen molar-refractivity contribution in [2.24, 2.45) is 0 Å². The maximum atomic E-state index is 11.8. The van der Waals surface area contributed by atoms with Crippen LogP contribution in [0.3, 0.4) is 0 Å². The fraction of sp³-hybridized carbons (Fsp3) is 0.500. The summed E-state index contributed by atoms with van der Waals surface area (Å²) in [5, 5.41) is 4.18. The Morgan fingerprint density at radius 1 is 1.27 bits per heavy atom. The minimum Gasteiger partial charge on any atom is -0.353 e. The summed E-state index contributed by atoms with van der Waals surface area (Å²) >= 11 is 1.56. The highest BCUT2D eigenvalue weighted by Crippen LogP contribution is 2.29. The molecule has 22 heavy (non-hydrogen) atoms. The average molecular weight is 318 g/mol. The van der Waals surface area contributed by atoms with Gasteiger partial charge >= 0.3 is 0 Å². The Kier molecular flexibility index (Phi) is 4.59. The van der Waals surface area contributed by atoms with Crippen molar-refractivity contribution in [2.75, 3.05) is 37.6 Å².